The summed E-state index contributed by atoms with van der Waals surface area (Å²) >= 11 is 0. The average Bonchev–Trinajstić information content (AvgIpc) is 2.72. The van der Waals surface area contributed by atoms with Crippen LogP contribution in [0.15, 0.2) is 47.4 Å². The molecule has 0 N–H and O–H groups in total. The van der Waals surface area contributed by atoms with Gasteiger partial charge in [-0.15, -0.1) is 0 Å². The topological polar surface area (TPSA) is 91.4 Å². The first-order valence-corrected chi connectivity index (χ1v) is 10.4. The van der Waals surface area contributed by atoms with Crippen LogP contribution in [0, 0.1) is 0 Å². The van der Waals surface area contributed by atoms with E-state index in [1.54, 1.807) is 38.1 Å². The molecular weight excluding hydrogens is 398 g/mol. The number of sulfonamides is 1. The SMILES string of the molecule is CCOC(=O)CN(c1ccccc1OCC)S(=O)(=O)c1ccc(OC)c(OC)c1. The third-order valence-electron chi connectivity index (χ3n) is 3.95. The quantitative estimate of drug-likeness (QED) is 0.543. The number of ether oxygens (including phenoxy) is 4. The summed E-state index contributed by atoms with van der Waals surface area (Å²) in [7, 11) is -1.28. The van der Waals surface area contributed by atoms with Crippen molar-refractivity contribution in [2.75, 3.05) is 38.3 Å². The highest BCUT2D eigenvalue weighted by Crippen LogP contribution is 2.35. The van der Waals surface area contributed by atoms with Crippen LogP contribution in [0.4, 0.5) is 5.69 Å². The van der Waals surface area contributed by atoms with E-state index in [1.165, 1.54) is 32.4 Å². The number of methoxy groups -OCH3 is 2. The molecule has 8 nitrogen and oxygen atoms in total. The van der Waals surface area contributed by atoms with E-state index in [1.807, 2.05) is 0 Å². The Balaban J connectivity index is 2.60. The van der Waals surface area contributed by atoms with E-state index in [2.05, 4.69) is 0 Å². The van der Waals surface area contributed by atoms with Gasteiger partial charge in [0.15, 0.2) is 11.5 Å². The van der Waals surface area contributed by atoms with Crippen molar-refractivity contribution in [2.24, 2.45) is 0 Å². The largest absolute Gasteiger partial charge is 0.493 e. The summed E-state index contributed by atoms with van der Waals surface area (Å²) in [6.45, 7) is 3.40. The Morgan fingerprint density at radius 2 is 1.62 bits per heavy atom. The summed E-state index contributed by atoms with van der Waals surface area (Å²) in [5.41, 5.74) is 0.234. The Morgan fingerprint density at radius 1 is 0.931 bits per heavy atom. The van der Waals surface area contributed by atoms with Crippen molar-refractivity contribution in [3.05, 3.63) is 42.5 Å². The van der Waals surface area contributed by atoms with Gasteiger partial charge in [0.05, 0.1) is 38.0 Å². The molecule has 0 aliphatic carbocycles. The molecule has 0 spiro atoms. The molecule has 0 heterocycles. The maximum absolute atomic E-state index is 13.5. The molecule has 0 aliphatic rings. The third-order valence-corrected chi connectivity index (χ3v) is 5.71. The minimum absolute atomic E-state index is 0.0641. The van der Waals surface area contributed by atoms with Crippen LogP contribution in [0.25, 0.3) is 0 Å². The van der Waals surface area contributed by atoms with Gasteiger partial charge in [-0.3, -0.25) is 9.10 Å². The van der Waals surface area contributed by atoms with Gasteiger partial charge in [-0.2, -0.15) is 0 Å². The number of nitrogens with zero attached hydrogens (tertiary/aromatic N) is 1. The summed E-state index contributed by atoms with van der Waals surface area (Å²) in [6, 6.07) is 10.8. The van der Waals surface area contributed by atoms with Crippen LogP contribution < -0.4 is 18.5 Å². The van der Waals surface area contributed by atoms with Gasteiger partial charge in [0.2, 0.25) is 0 Å². The summed E-state index contributed by atoms with van der Waals surface area (Å²) in [4.78, 5) is 12.1. The standard InChI is InChI=1S/C20H25NO7S/c1-5-27-17-10-8-7-9-16(17)21(14-20(22)28-6-2)29(23,24)15-11-12-18(25-3)19(13-15)26-4/h7-13H,5-6,14H2,1-4H3. The molecular formula is C20H25NO7S. The number of esters is 1. The van der Waals surface area contributed by atoms with Crippen LogP contribution >= 0.6 is 0 Å². The van der Waals surface area contributed by atoms with Crippen LogP contribution in [-0.4, -0.2) is 48.4 Å². The Hall–Kier alpha value is -2.94. The van der Waals surface area contributed by atoms with Crippen LogP contribution in [0.3, 0.4) is 0 Å². The fourth-order valence-electron chi connectivity index (χ4n) is 2.67. The first-order chi connectivity index (χ1) is 13.9. The lowest BCUT2D eigenvalue weighted by molar-refractivity contribution is -0.141. The summed E-state index contributed by atoms with van der Waals surface area (Å²) in [5, 5.41) is 0. The molecule has 9 heteroatoms. The lowest BCUT2D eigenvalue weighted by atomic mass is 10.3. The Morgan fingerprint density at radius 3 is 2.24 bits per heavy atom. The molecule has 0 radical (unpaired) electrons. The number of carbonyl (C=O) groups excluding carboxylic acids is 1. The van der Waals surface area contributed by atoms with E-state index >= 15 is 0 Å². The summed E-state index contributed by atoms with van der Waals surface area (Å²) < 4.78 is 48.8. The van der Waals surface area contributed by atoms with Crippen molar-refractivity contribution in [1.82, 2.24) is 0 Å². The van der Waals surface area contributed by atoms with Crippen molar-refractivity contribution in [1.29, 1.82) is 0 Å². The second kappa shape index (κ2) is 10.0. The van der Waals surface area contributed by atoms with Crippen LogP contribution in [0.5, 0.6) is 17.2 Å². The zero-order valence-electron chi connectivity index (χ0n) is 16.9. The average molecular weight is 423 g/mol. The Bertz CT molecular complexity index is 944. The zero-order valence-corrected chi connectivity index (χ0v) is 17.7. The van der Waals surface area contributed by atoms with Gasteiger partial charge in [0.25, 0.3) is 10.0 Å². The van der Waals surface area contributed by atoms with Crippen LogP contribution in [-0.2, 0) is 19.6 Å². The van der Waals surface area contributed by atoms with Crippen LogP contribution in [0.2, 0.25) is 0 Å². The maximum atomic E-state index is 13.5. The van der Waals surface area contributed by atoms with Gasteiger partial charge in [-0.25, -0.2) is 8.42 Å². The summed E-state index contributed by atoms with van der Waals surface area (Å²) in [6.07, 6.45) is 0. The molecule has 0 fully saturated rings. The molecule has 0 unspecified atom stereocenters. The number of carbonyl (C=O) groups is 1. The minimum atomic E-state index is -4.15. The van der Waals surface area contributed by atoms with Gasteiger partial charge < -0.3 is 18.9 Å². The van der Waals surface area contributed by atoms with Crippen molar-refractivity contribution in [2.45, 2.75) is 18.7 Å². The van der Waals surface area contributed by atoms with E-state index in [0.29, 0.717) is 18.1 Å². The second-order valence-corrected chi connectivity index (χ2v) is 7.60. The number of benzene rings is 2. The molecule has 0 aliphatic heterocycles. The molecule has 0 saturated carbocycles. The summed E-state index contributed by atoms with van der Waals surface area (Å²) in [5.74, 6) is 0.298. The number of rotatable bonds is 10. The molecule has 29 heavy (non-hydrogen) atoms. The van der Waals surface area contributed by atoms with Crippen molar-refractivity contribution >= 4 is 21.7 Å². The Kier molecular flexibility index (Phi) is 7.72. The molecule has 2 aromatic rings. The third kappa shape index (κ3) is 5.11. The van der Waals surface area contributed by atoms with Gasteiger partial charge in [0, 0.05) is 6.07 Å². The number of para-hydroxylation sites is 2. The first kappa shape index (κ1) is 22.4. The lowest BCUT2D eigenvalue weighted by Crippen LogP contribution is -2.37. The van der Waals surface area contributed by atoms with Gasteiger partial charge in [-0.05, 0) is 38.1 Å². The molecule has 0 bridgehead atoms. The van der Waals surface area contributed by atoms with E-state index in [9.17, 15) is 13.2 Å². The highest BCUT2D eigenvalue weighted by atomic mass is 32.2. The van der Waals surface area contributed by atoms with E-state index < -0.39 is 22.5 Å². The van der Waals surface area contributed by atoms with Gasteiger partial charge in [0.1, 0.15) is 12.3 Å². The van der Waals surface area contributed by atoms with Crippen molar-refractivity contribution in [3.8, 4) is 17.2 Å². The maximum Gasteiger partial charge on any atom is 0.326 e. The Labute approximate surface area is 171 Å². The van der Waals surface area contributed by atoms with Crippen molar-refractivity contribution < 1.29 is 32.2 Å². The molecule has 0 saturated heterocycles. The van der Waals surface area contributed by atoms with E-state index in [0.717, 1.165) is 4.31 Å². The first-order valence-electron chi connectivity index (χ1n) is 9.01. The molecule has 2 aromatic carbocycles. The van der Waals surface area contributed by atoms with Gasteiger partial charge in [-0.1, -0.05) is 12.1 Å². The zero-order chi connectivity index (χ0) is 21.4. The monoisotopic (exact) mass is 423 g/mol. The number of anilines is 1. The molecule has 0 aromatic heterocycles. The molecule has 158 valence electrons. The van der Waals surface area contributed by atoms with Crippen molar-refractivity contribution in [3.63, 3.8) is 0 Å². The normalized spacial score (nSPS) is 10.9. The van der Waals surface area contributed by atoms with Crippen LogP contribution in [0.1, 0.15) is 13.8 Å². The highest BCUT2D eigenvalue weighted by Gasteiger charge is 2.30. The predicted octanol–water partition coefficient (Wildman–Crippen LogP) is 2.86. The second-order valence-electron chi connectivity index (χ2n) is 5.73. The van der Waals surface area contributed by atoms with E-state index in [4.69, 9.17) is 18.9 Å². The molecule has 0 amide bonds. The number of hydrogen-bond donors (Lipinski definition) is 0. The fraction of sp³-hybridized carbons (Fsp3) is 0.350. The fourth-order valence-corrected chi connectivity index (χ4v) is 4.10. The van der Waals surface area contributed by atoms with E-state index in [-0.39, 0.29) is 22.9 Å². The van der Waals surface area contributed by atoms with Gasteiger partial charge >= 0.3 is 5.97 Å². The highest BCUT2D eigenvalue weighted by molar-refractivity contribution is 7.92. The predicted molar refractivity (Wildman–Crippen MR) is 108 cm³/mol. The smallest absolute Gasteiger partial charge is 0.326 e. The number of hydrogen-bond acceptors (Lipinski definition) is 7. The lowest BCUT2D eigenvalue weighted by Gasteiger charge is -2.25. The minimum Gasteiger partial charge on any atom is -0.493 e. The molecule has 0 atom stereocenters. The molecule has 2 rings (SSSR count).